The number of nitrogens with two attached hydrogens (primary N) is 2. The number of carbonyl (C=O) groups is 5. The van der Waals surface area contributed by atoms with Crippen LogP contribution in [0.2, 0.25) is 0 Å². The van der Waals surface area contributed by atoms with E-state index in [0.29, 0.717) is 6.42 Å². The zero-order valence-corrected chi connectivity index (χ0v) is 23.6. The maximum Gasteiger partial charge on any atom is 0.305 e. The Bertz CT molecular complexity index is 1590. The highest BCUT2D eigenvalue weighted by molar-refractivity contribution is 5.96. The summed E-state index contributed by atoms with van der Waals surface area (Å²) in [6, 6.07) is 8.08. The second-order valence-electron chi connectivity index (χ2n) is 10.6. The quantitative estimate of drug-likeness (QED) is 0.114. The molecule has 0 bridgehead atoms. The fraction of sp³-hybridized carbons (Fsp3) is 0.345. The van der Waals surface area contributed by atoms with Crippen LogP contribution in [0.4, 0.5) is 5.69 Å². The minimum Gasteiger partial charge on any atom is -0.481 e. The standard InChI is InChI=1S/C29H33N7O8/c30-19(12-17-15-32-20-8-3-2-7-18(17)20)29(42)35-11-5-10-24(35)28(41)34-22(14-25(37)38)27(40)33-21(26(31)39)13-16-6-1-4-9-23(16)36(43)44/h1-4,6-9,15,19,21-22,24,32H,5,10-14,30H2,(H2,31,39)(H,33,40)(H,34,41)(H,37,38)/t19-,21-,22-,24-/m0/s1. The number of hydrogen-bond donors (Lipinski definition) is 6. The highest BCUT2D eigenvalue weighted by Gasteiger charge is 2.38. The van der Waals surface area contributed by atoms with E-state index in [1.807, 2.05) is 24.3 Å². The van der Waals surface area contributed by atoms with E-state index in [0.717, 1.165) is 16.5 Å². The molecule has 232 valence electrons. The summed E-state index contributed by atoms with van der Waals surface area (Å²) in [7, 11) is 0. The summed E-state index contributed by atoms with van der Waals surface area (Å²) in [5.41, 5.74) is 13.3. The molecule has 0 saturated carbocycles. The molecule has 0 radical (unpaired) electrons. The highest BCUT2D eigenvalue weighted by atomic mass is 16.6. The lowest BCUT2D eigenvalue weighted by Gasteiger charge is -2.28. The number of nitro benzene ring substituents is 1. The average molecular weight is 608 g/mol. The van der Waals surface area contributed by atoms with Gasteiger partial charge in [-0.1, -0.05) is 36.4 Å². The lowest BCUT2D eigenvalue weighted by Crippen LogP contribution is -2.57. The van der Waals surface area contributed by atoms with Crippen LogP contribution in [0, 0.1) is 10.1 Å². The number of carboxylic acids is 1. The van der Waals surface area contributed by atoms with Crippen LogP contribution in [0.15, 0.2) is 54.7 Å². The van der Waals surface area contributed by atoms with Crippen molar-refractivity contribution in [3.05, 3.63) is 76.0 Å². The maximum atomic E-state index is 13.3. The van der Waals surface area contributed by atoms with Gasteiger partial charge >= 0.3 is 5.97 Å². The van der Waals surface area contributed by atoms with E-state index in [-0.39, 0.29) is 37.1 Å². The van der Waals surface area contributed by atoms with Gasteiger partial charge < -0.3 is 37.1 Å². The molecular weight excluding hydrogens is 574 g/mol. The first-order valence-electron chi connectivity index (χ1n) is 13.9. The van der Waals surface area contributed by atoms with Crippen LogP contribution >= 0.6 is 0 Å². The summed E-state index contributed by atoms with van der Waals surface area (Å²) >= 11 is 0. The zero-order valence-electron chi connectivity index (χ0n) is 23.6. The minimum absolute atomic E-state index is 0.115. The van der Waals surface area contributed by atoms with E-state index >= 15 is 0 Å². The third-order valence-corrected chi connectivity index (χ3v) is 7.55. The van der Waals surface area contributed by atoms with E-state index in [1.165, 1.54) is 29.2 Å². The van der Waals surface area contributed by atoms with Crippen molar-refractivity contribution >= 4 is 46.2 Å². The van der Waals surface area contributed by atoms with Gasteiger partial charge in [-0.3, -0.25) is 34.1 Å². The number of carboxylic acid groups (broad SMARTS) is 1. The van der Waals surface area contributed by atoms with Crippen LogP contribution in [0.3, 0.4) is 0 Å². The topological polar surface area (TPSA) is 244 Å². The molecule has 4 amide bonds. The number of aromatic nitrogens is 1. The number of amides is 4. The zero-order chi connectivity index (χ0) is 32.0. The molecular formula is C29H33N7O8. The molecule has 1 aliphatic heterocycles. The molecule has 0 spiro atoms. The summed E-state index contributed by atoms with van der Waals surface area (Å²) in [4.78, 5) is 78.7. The second kappa shape index (κ2) is 13.8. The smallest absolute Gasteiger partial charge is 0.305 e. The van der Waals surface area contributed by atoms with Gasteiger partial charge in [-0.25, -0.2) is 0 Å². The predicted molar refractivity (Wildman–Crippen MR) is 157 cm³/mol. The van der Waals surface area contributed by atoms with Crippen molar-refractivity contribution in [1.82, 2.24) is 20.5 Å². The van der Waals surface area contributed by atoms with Crippen LogP contribution in [0.25, 0.3) is 10.9 Å². The summed E-state index contributed by atoms with van der Waals surface area (Å²) < 4.78 is 0. The van der Waals surface area contributed by atoms with Gasteiger partial charge in [0.25, 0.3) is 5.69 Å². The molecule has 1 aliphatic rings. The molecule has 15 heteroatoms. The summed E-state index contributed by atoms with van der Waals surface area (Å²) in [5.74, 6) is -4.69. The van der Waals surface area contributed by atoms with Gasteiger partial charge in [0, 0.05) is 41.7 Å². The van der Waals surface area contributed by atoms with Crippen molar-refractivity contribution in [2.75, 3.05) is 6.54 Å². The number of benzene rings is 2. The Kier molecular flexibility index (Phi) is 9.90. The van der Waals surface area contributed by atoms with Gasteiger partial charge in [-0.05, 0) is 30.9 Å². The number of hydrogen-bond acceptors (Lipinski definition) is 8. The molecule has 3 aromatic rings. The van der Waals surface area contributed by atoms with Gasteiger partial charge in [0.15, 0.2) is 0 Å². The first-order chi connectivity index (χ1) is 21.0. The van der Waals surface area contributed by atoms with Gasteiger partial charge in [0.2, 0.25) is 23.6 Å². The number of H-pyrrole nitrogens is 1. The number of nitrogens with one attached hydrogen (secondary N) is 3. The third-order valence-electron chi connectivity index (χ3n) is 7.55. The van der Waals surface area contributed by atoms with Crippen LogP contribution in [0.1, 0.15) is 30.4 Å². The number of fused-ring (bicyclic) bond motifs is 1. The third kappa shape index (κ3) is 7.36. The monoisotopic (exact) mass is 607 g/mol. The molecule has 1 fully saturated rings. The van der Waals surface area contributed by atoms with E-state index in [1.54, 1.807) is 6.20 Å². The lowest BCUT2D eigenvalue weighted by molar-refractivity contribution is -0.385. The Morgan fingerprint density at radius 2 is 1.73 bits per heavy atom. The van der Waals surface area contributed by atoms with Crippen LogP contribution in [-0.2, 0) is 36.8 Å². The van der Waals surface area contributed by atoms with Crippen molar-refractivity contribution in [2.45, 2.75) is 56.3 Å². The molecule has 44 heavy (non-hydrogen) atoms. The van der Waals surface area contributed by atoms with E-state index in [2.05, 4.69) is 15.6 Å². The molecule has 1 aromatic heterocycles. The number of nitro groups is 1. The van der Waals surface area contributed by atoms with Gasteiger partial charge in [0.05, 0.1) is 17.4 Å². The highest BCUT2D eigenvalue weighted by Crippen LogP contribution is 2.23. The van der Waals surface area contributed by atoms with E-state index in [9.17, 15) is 39.2 Å². The van der Waals surface area contributed by atoms with Crippen molar-refractivity contribution in [3.8, 4) is 0 Å². The normalized spacial score (nSPS) is 16.6. The number of carbonyl (C=O) groups excluding carboxylic acids is 4. The number of likely N-dealkylation sites (tertiary alicyclic amines) is 1. The van der Waals surface area contributed by atoms with E-state index in [4.69, 9.17) is 11.5 Å². The largest absolute Gasteiger partial charge is 0.481 e. The molecule has 4 atom stereocenters. The van der Waals surface area contributed by atoms with Crippen LogP contribution < -0.4 is 22.1 Å². The minimum atomic E-state index is -1.63. The summed E-state index contributed by atoms with van der Waals surface area (Å²) in [5, 5.41) is 26.4. The number of aliphatic carboxylic acids is 1. The number of primary amides is 1. The summed E-state index contributed by atoms with van der Waals surface area (Å²) in [6.07, 6.45) is 1.56. The maximum absolute atomic E-state index is 13.3. The molecule has 2 heterocycles. The summed E-state index contributed by atoms with van der Waals surface area (Å²) in [6.45, 7) is 0.244. The fourth-order valence-corrected chi connectivity index (χ4v) is 5.37. The van der Waals surface area contributed by atoms with E-state index < -0.39 is 65.1 Å². The molecule has 4 rings (SSSR count). The van der Waals surface area contributed by atoms with Crippen molar-refractivity contribution < 1.29 is 34.0 Å². The first kappa shape index (κ1) is 31.6. The number of nitrogens with zero attached hydrogens (tertiary/aromatic N) is 2. The van der Waals surface area contributed by atoms with Crippen LogP contribution in [-0.4, -0.2) is 80.2 Å². The van der Waals surface area contributed by atoms with Gasteiger partial charge in [-0.2, -0.15) is 0 Å². The SMILES string of the molecule is NC(=O)[C@H](Cc1ccccc1[N+](=O)[O-])NC(=O)[C@H](CC(=O)O)NC(=O)[C@@H]1CCCN1C(=O)[C@@H](N)Cc1c[nH]c2ccccc12. The van der Waals surface area contributed by atoms with Gasteiger partial charge in [0.1, 0.15) is 18.1 Å². The lowest BCUT2D eigenvalue weighted by atomic mass is 10.0. The van der Waals surface area contributed by atoms with Crippen LogP contribution in [0.5, 0.6) is 0 Å². The Morgan fingerprint density at radius 1 is 1.02 bits per heavy atom. The fourth-order valence-electron chi connectivity index (χ4n) is 5.37. The second-order valence-corrected chi connectivity index (χ2v) is 10.6. The van der Waals surface area contributed by atoms with Crippen molar-refractivity contribution in [1.29, 1.82) is 0 Å². The Hall–Kier alpha value is -5.31. The number of para-hydroxylation sites is 2. The molecule has 0 unspecified atom stereocenters. The molecule has 15 nitrogen and oxygen atoms in total. The molecule has 1 saturated heterocycles. The van der Waals surface area contributed by atoms with Gasteiger partial charge in [-0.15, -0.1) is 0 Å². The Labute approximate surface area is 251 Å². The van der Waals surface area contributed by atoms with Crippen molar-refractivity contribution in [3.63, 3.8) is 0 Å². The van der Waals surface area contributed by atoms with Crippen molar-refractivity contribution in [2.24, 2.45) is 11.5 Å². The Balaban J connectivity index is 1.44. The average Bonchev–Trinajstić information content (AvgIpc) is 3.64. The Morgan fingerprint density at radius 3 is 2.43 bits per heavy atom. The molecule has 2 aromatic carbocycles. The number of rotatable bonds is 13. The number of aromatic amines is 1. The molecule has 0 aliphatic carbocycles. The molecule has 8 N–H and O–H groups in total. The first-order valence-corrected chi connectivity index (χ1v) is 13.9. The predicted octanol–water partition coefficient (Wildman–Crippen LogP) is 0.109.